The van der Waals surface area contributed by atoms with Gasteiger partial charge in [-0.05, 0) is 24.5 Å². The summed E-state index contributed by atoms with van der Waals surface area (Å²) in [6.07, 6.45) is 0.920. The molecule has 2 nitrogen and oxygen atoms in total. The van der Waals surface area contributed by atoms with Gasteiger partial charge < -0.3 is 5.32 Å². The van der Waals surface area contributed by atoms with Gasteiger partial charge in [0.15, 0.2) is 0 Å². The molecule has 0 aliphatic heterocycles. The topological polar surface area (TPSA) is 29.1 Å². The minimum Gasteiger partial charge on any atom is -0.349 e. The summed E-state index contributed by atoms with van der Waals surface area (Å²) in [5, 5.41) is 3.08. The molecule has 0 aliphatic carbocycles. The van der Waals surface area contributed by atoms with Crippen LogP contribution in [0, 0.1) is 12.8 Å². The maximum atomic E-state index is 11.7. The van der Waals surface area contributed by atoms with Crippen LogP contribution in [-0.4, -0.2) is 5.91 Å². The fraction of sp³-hybridized carbons (Fsp3) is 0.500. The smallest absolute Gasteiger partial charge is 0.223 e. The van der Waals surface area contributed by atoms with E-state index in [1.54, 1.807) is 0 Å². The Morgan fingerprint density at radius 2 is 1.94 bits per heavy atom. The van der Waals surface area contributed by atoms with Crippen LogP contribution in [0.2, 0.25) is 0 Å². The highest BCUT2D eigenvalue weighted by atomic mass is 16.1. The van der Waals surface area contributed by atoms with Gasteiger partial charge in [-0.25, -0.2) is 0 Å². The van der Waals surface area contributed by atoms with Crippen molar-refractivity contribution in [3.8, 4) is 0 Å². The number of hydrogen-bond acceptors (Lipinski definition) is 1. The molecule has 16 heavy (non-hydrogen) atoms. The van der Waals surface area contributed by atoms with E-state index < -0.39 is 0 Å². The van der Waals surface area contributed by atoms with Gasteiger partial charge in [-0.2, -0.15) is 0 Å². The van der Waals surface area contributed by atoms with Crippen molar-refractivity contribution in [1.82, 2.24) is 5.32 Å². The van der Waals surface area contributed by atoms with Crippen LogP contribution in [0.15, 0.2) is 24.3 Å². The van der Waals surface area contributed by atoms with E-state index >= 15 is 0 Å². The van der Waals surface area contributed by atoms with Gasteiger partial charge in [0.05, 0.1) is 6.04 Å². The molecule has 0 bridgehead atoms. The van der Waals surface area contributed by atoms with E-state index in [1.807, 2.05) is 26.0 Å². The summed E-state index contributed by atoms with van der Waals surface area (Å²) >= 11 is 0. The molecule has 0 unspecified atom stereocenters. The molecule has 0 aliphatic rings. The van der Waals surface area contributed by atoms with Gasteiger partial charge >= 0.3 is 0 Å². The maximum absolute atomic E-state index is 11.7. The molecule has 1 N–H and O–H groups in total. The molecule has 1 rings (SSSR count). The van der Waals surface area contributed by atoms with Gasteiger partial charge in [0.2, 0.25) is 5.91 Å². The molecule has 88 valence electrons. The predicted molar refractivity (Wildman–Crippen MR) is 67.2 cm³/mol. The molecule has 2 heteroatoms. The van der Waals surface area contributed by atoms with Gasteiger partial charge in [-0.15, -0.1) is 0 Å². The van der Waals surface area contributed by atoms with Crippen LogP contribution in [0.5, 0.6) is 0 Å². The Balaban J connectivity index is 2.83. The molecule has 0 aromatic heterocycles. The van der Waals surface area contributed by atoms with E-state index in [1.165, 1.54) is 11.1 Å². The van der Waals surface area contributed by atoms with Crippen molar-refractivity contribution in [2.75, 3.05) is 0 Å². The first-order chi connectivity index (χ1) is 7.56. The van der Waals surface area contributed by atoms with E-state index in [0.29, 0.717) is 0 Å². The summed E-state index contributed by atoms with van der Waals surface area (Å²) in [6, 6.07) is 8.35. The van der Waals surface area contributed by atoms with Gasteiger partial charge in [0, 0.05) is 5.92 Å². The molecular formula is C14H21NO. The van der Waals surface area contributed by atoms with Crippen LogP contribution < -0.4 is 5.32 Å². The standard InChI is InChI=1S/C14H21NO/c1-5-13(15-14(16)10(2)3)12-9-7-6-8-11(12)4/h6-10,13H,5H2,1-4H3,(H,15,16)/t13-/m1/s1. The van der Waals surface area contributed by atoms with E-state index in [9.17, 15) is 4.79 Å². The van der Waals surface area contributed by atoms with Gasteiger partial charge in [-0.3, -0.25) is 4.79 Å². The minimum absolute atomic E-state index is 0.0399. The maximum Gasteiger partial charge on any atom is 0.223 e. The van der Waals surface area contributed by atoms with Crippen molar-refractivity contribution in [1.29, 1.82) is 0 Å². The summed E-state index contributed by atoms with van der Waals surface area (Å²) in [4.78, 5) is 11.7. The lowest BCUT2D eigenvalue weighted by atomic mass is 9.99. The van der Waals surface area contributed by atoms with Crippen molar-refractivity contribution in [3.63, 3.8) is 0 Å². The second-order valence-corrected chi connectivity index (χ2v) is 4.48. The number of amides is 1. The SMILES string of the molecule is CC[C@@H](NC(=O)C(C)C)c1ccccc1C. The molecule has 0 saturated heterocycles. The average molecular weight is 219 g/mol. The van der Waals surface area contributed by atoms with Crippen molar-refractivity contribution in [3.05, 3.63) is 35.4 Å². The first-order valence-corrected chi connectivity index (χ1v) is 5.92. The fourth-order valence-electron chi connectivity index (χ4n) is 1.72. The van der Waals surface area contributed by atoms with Crippen molar-refractivity contribution in [2.24, 2.45) is 5.92 Å². The van der Waals surface area contributed by atoms with Crippen LogP contribution in [-0.2, 0) is 4.79 Å². The second kappa shape index (κ2) is 5.69. The summed E-state index contributed by atoms with van der Waals surface area (Å²) in [5.74, 6) is 0.160. The molecule has 0 saturated carbocycles. The quantitative estimate of drug-likeness (QED) is 0.827. The molecular weight excluding hydrogens is 198 g/mol. The molecule has 1 atom stereocenters. The summed E-state index contributed by atoms with van der Waals surface area (Å²) in [7, 11) is 0. The number of nitrogens with one attached hydrogen (secondary N) is 1. The fourth-order valence-corrected chi connectivity index (χ4v) is 1.72. The Bertz CT molecular complexity index is 358. The zero-order chi connectivity index (χ0) is 12.1. The lowest BCUT2D eigenvalue weighted by molar-refractivity contribution is -0.124. The highest BCUT2D eigenvalue weighted by molar-refractivity contribution is 5.78. The Morgan fingerprint density at radius 3 is 2.44 bits per heavy atom. The molecule has 1 amide bonds. The molecule has 0 heterocycles. The van der Waals surface area contributed by atoms with E-state index in [0.717, 1.165) is 6.42 Å². The minimum atomic E-state index is 0.0399. The predicted octanol–water partition coefficient (Wildman–Crippen LogP) is 3.22. The van der Waals surface area contributed by atoms with E-state index in [-0.39, 0.29) is 17.9 Å². The number of rotatable bonds is 4. The Kier molecular flexibility index (Phi) is 4.53. The van der Waals surface area contributed by atoms with Gasteiger partial charge in [-0.1, -0.05) is 45.0 Å². The monoisotopic (exact) mass is 219 g/mol. The van der Waals surface area contributed by atoms with Gasteiger partial charge in [0.1, 0.15) is 0 Å². The highest BCUT2D eigenvalue weighted by Gasteiger charge is 2.15. The Morgan fingerprint density at radius 1 is 1.31 bits per heavy atom. The third kappa shape index (κ3) is 3.09. The molecule has 1 aromatic carbocycles. The van der Waals surface area contributed by atoms with Crippen LogP contribution in [0.3, 0.4) is 0 Å². The summed E-state index contributed by atoms with van der Waals surface area (Å²) in [5.41, 5.74) is 2.46. The van der Waals surface area contributed by atoms with Crippen LogP contribution in [0.25, 0.3) is 0 Å². The first kappa shape index (κ1) is 12.8. The number of carbonyl (C=O) groups is 1. The number of carbonyl (C=O) groups excluding carboxylic acids is 1. The molecule has 0 radical (unpaired) electrons. The van der Waals surface area contributed by atoms with Gasteiger partial charge in [0.25, 0.3) is 0 Å². The summed E-state index contributed by atoms with van der Waals surface area (Å²) < 4.78 is 0. The third-order valence-electron chi connectivity index (χ3n) is 2.81. The average Bonchev–Trinajstić information content (AvgIpc) is 2.26. The van der Waals surface area contributed by atoms with Crippen LogP contribution in [0.4, 0.5) is 0 Å². The zero-order valence-electron chi connectivity index (χ0n) is 10.6. The molecule has 0 spiro atoms. The van der Waals surface area contributed by atoms with Crippen molar-refractivity contribution < 1.29 is 4.79 Å². The second-order valence-electron chi connectivity index (χ2n) is 4.48. The molecule has 1 aromatic rings. The van der Waals surface area contributed by atoms with Crippen molar-refractivity contribution in [2.45, 2.75) is 40.2 Å². The Hall–Kier alpha value is -1.31. The molecule has 0 fully saturated rings. The Labute approximate surface area is 98.1 Å². The van der Waals surface area contributed by atoms with Crippen LogP contribution in [0.1, 0.15) is 44.4 Å². The lowest BCUT2D eigenvalue weighted by Gasteiger charge is -2.20. The highest BCUT2D eigenvalue weighted by Crippen LogP contribution is 2.20. The largest absolute Gasteiger partial charge is 0.349 e. The zero-order valence-corrected chi connectivity index (χ0v) is 10.6. The van der Waals surface area contributed by atoms with E-state index in [2.05, 4.69) is 31.3 Å². The van der Waals surface area contributed by atoms with Crippen LogP contribution >= 0.6 is 0 Å². The third-order valence-corrected chi connectivity index (χ3v) is 2.81. The number of hydrogen-bond donors (Lipinski definition) is 1. The summed E-state index contributed by atoms with van der Waals surface area (Å²) in [6.45, 7) is 8.01. The lowest BCUT2D eigenvalue weighted by Crippen LogP contribution is -2.31. The number of aryl methyl sites for hydroxylation is 1. The van der Waals surface area contributed by atoms with E-state index in [4.69, 9.17) is 0 Å². The first-order valence-electron chi connectivity index (χ1n) is 5.92. The van der Waals surface area contributed by atoms with Crippen molar-refractivity contribution >= 4 is 5.91 Å². The normalized spacial score (nSPS) is 12.6. The number of benzene rings is 1.